The number of nitriles is 1. The van der Waals surface area contributed by atoms with Crippen LogP contribution in [0, 0.1) is 11.3 Å². The van der Waals surface area contributed by atoms with E-state index in [0.29, 0.717) is 11.1 Å². The molecule has 21 heavy (non-hydrogen) atoms. The number of hydrogen-bond acceptors (Lipinski definition) is 1. The fourth-order valence-corrected chi connectivity index (χ4v) is 1.87. The lowest BCUT2D eigenvalue weighted by atomic mass is 9.99. The minimum Gasteiger partial charge on any atom is -0.205 e. The Hall–Kier alpha value is -2.42. The van der Waals surface area contributed by atoms with Crippen LogP contribution in [0.2, 0.25) is 0 Å². The summed E-state index contributed by atoms with van der Waals surface area (Å²) in [4.78, 5) is 0. The summed E-state index contributed by atoms with van der Waals surface area (Å²) in [5.41, 5.74) is -0.559. The molecule has 0 heterocycles. The van der Waals surface area contributed by atoms with Crippen molar-refractivity contribution >= 4 is 0 Å². The van der Waals surface area contributed by atoms with Crippen molar-refractivity contribution < 1.29 is 22.0 Å². The Labute approximate surface area is 117 Å². The molecule has 0 aromatic heterocycles. The highest BCUT2D eigenvalue weighted by Gasteiger charge is 2.30. The molecule has 0 bridgehead atoms. The molecule has 2 aromatic carbocycles. The van der Waals surface area contributed by atoms with Gasteiger partial charge in [0.25, 0.3) is 6.43 Å². The molecule has 0 atom stereocenters. The van der Waals surface area contributed by atoms with E-state index in [1.165, 1.54) is 24.3 Å². The summed E-state index contributed by atoms with van der Waals surface area (Å²) >= 11 is 0. The fraction of sp³-hybridized carbons (Fsp3) is 0.133. The Balaban J connectivity index is 2.41. The zero-order valence-electron chi connectivity index (χ0n) is 10.5. The maximum absolute atomic E-state index is 12.7. The molecule has 0 saturated heterocycles. The van der Waals surface area contributed by atoms with Crippen LogP contribution in [0.1, 0.15) is 23.1 Å². The Morgan fingerprint density at radius 3 is 1.95 bits per heavy atom. The van der Waals surface area contributed by atoms with Gasteiger partial charge in [0.1, 0.15) is 0 Å². The van der Waals surface area contributed by atoms with Gasteiger partial charge in [0.2, 0.25) is 0 Å². The molecule has 2 rings (SSSR count). The monoisotopic (exact) mass is 297 g/mol. The first-order chi connectivity index (χ1) is 9.82. The quantitative estimate of drug-likeness (QED) is 0.700. The molecule has 108 valence electrons. The fourth-order valence-electron chi connectivity index (χ4n) is 1.87. The number of nitrogens with zero attached hydrogens (tertiary/aromatic N) is 1. The third-order valence-corrected chi connectivity index (χ3v) is 2.95. The van der Waals surface area contributed by atoms with Crippen molar-refractivity contribution in [1.82, 2.24) is 0 Å². The van der Waals surface area contributed by atoms with Crippen LogP contribution in [0.4, 0.5) is 22.0 Å². The third kappa shape index (κ3) is 3.19. The Morgan fingerprint density at radius 1 is 0.905 bits per heavy atom. The molecule has 0 aliphatic heterocycles. The first-order valence-electron chi connectivity index (χ1n) is 5.83. The first-order valence-corrected chi connectivity index (χ1v) is 5.83. The van der Waals surface area contributed by atoms with Crippen molar-refractivity contribution in [3.63, 3.8) is 0 Å². The third-order valence-electron chi connectivity index (χ3n) is 2.95. The van der Waals surface area contributed by atoms with Crippen molar-refractivity contribution in [2.75, 3.05) is 0 Å². The van der Waals surface area contributed by atoms with Crippen molar-refractivity contribution in [2.24, 2.45) is 0 Å². The molecule has 0 aliphatic carbocycles. The molecule has 0 unspecified atom stereocenters. The van der Waals surface area contributed by atoms with Crippen molar-refractivity contribution in [3.8, 4) is 17.2 Å². The molecule has 0 saturated carbocycles. The van der Waals surface area contributed by atoms with Gasteiger partial charge in [-0.25, -0.2) is 8.78 Å². The molecule has 0 aliphatic rings. The molecular weight excluding hydrogens is 289 g/mol. The van der Waals surface area contributed by atoms with Crippen molar-refractivity contribution in [1.29, 1.82) is 5.26 Å². The molecule has 0 N–H and O–H groups in total. The minimum atomic E-state index is -4.43. The Kier molecular flexibility index (Phi) is 3.94. The highest BCUT2D eigenvalue weighted by atomic mass is 19.4. The summed E-state index contributed by atoms with van der Waals surface area (Å²) in [7, 11) is 0. The van der Waals surface area contributed by atoms with Crippen LogP contribution >= 0.6 is 0 Å². The smallest absolute Gasteiger partial charge is 0.205 e. The van der Waals surface area contributed by atoms with Crippen LogP contribution in [0.5, 0.6) is 0 Å². The number of benzene rings is 2. The van der Waals surface area contributed by atoms with E-state index >= 15 is 0 Å². The average Bonchev–Trinajstić information content (AvgIpc) is 2.45. The predicted molar refractivity (Wildman–Crippen MR) is 66.6 cm³/mol. The van der Waals surface area contributed by atoms with Gasteiger partial charge in [0.05, 0.1) is 17.2 Å². The number of alkyl halides is 5. The van der Waals surface area contributed by atoms with E-state index in [2.05, 4.69) is 0 Å². The van der Waals surface area contributed by atoms with Gasteiger partial charge < -0.3 is 0 Å². The van der Waals surface area contributed by atoms with E-state index in [1.54, 1.807) is 6.07 Å². The maximum Gasteiger partial charge on any atom is 0.416 e. The van der Waals surface area contributed by atoms with Gasteiger partial charge in [-0.05, 0) is 29.3 Å². The normalized spacial score (nSPS) is 11.5. The summed E-state index contributed by atoms with van der Waals surface area (Å²) in [5, 5.41) is 8.86. The van der Waals surface area contributed by atoms with Gasteiger partial charge in [-0.15, -0.1) is 0 Å². The summed E-state index contributed by atoms with van der Waals surface area (Å²) in [6.07, 6.45) is -7.21. The second-order valence-electron chi connectivity index (χ2n) is 4.29. The Morgan fingerprint density at radius 2 is 1.48 bits per heavy atom. The van der Waals surface area contributed by atoms with E-state index in [0.717, 1.165) is 18.2 Å². The standard InChI is InChI=1S/C15H8F5N/c16-14(17)13-6-3-10(7-11(13)8-21)9-1-4-12(5-2-9)15(18,19)20/h1-7,14H. The predicted octanol–water partition coefficient (Wildman–Crippen LogP) is 5.18. The average molecular weight is 297 g/mol. The second kappa shape index (κ2) is 5.52. The van der Waals surface area contributed by atoms with Crippen LogP contribution < -0.4 is 0 Å². The van der Waals surface area contributed by atoms with E-state index < -0.39 is 23.7 Å². The summed E-state index contributed by atoms with van der Waals surface area (Å²) < 4.78 is 62.7. The lowest BCUT2D eigenvalue weighted by Crippen LogP contribution is -2.04. The zero-order valence-corrected chi connectivity index (χ0v) is 10.5. The van der Waals surface area contributed by atoms with Gasteiger partial charge >= 0.3 is 6.18 Å². The molecule has 0 spiro atoms. The van der Waals surface area contributed by atoms with Crippen molar-refractivity contribution in [2.45, 2.75) is 12.6 Å². The van der Waals surface area contributed by atoms with Gasteiger partial charge in [0.15, 0.2) is 0 Å². The molecule has 0 fully saturated rings. The molecule has 2 aromatic rings. The molecular formula is C15H8F5N. The van der Waals surface area contributed by atoms with Crippen LogP contribution in [0.25, 0.3) is 11.1 Å². The summed E-state index contributed by atoms with van der Waals surface area (Å²) in [5.74, 6) is 0. The van der Waals surface area contributed by atoms with Crippen LogP contribution in [0.15, 0.2) is 42.5 Å². The minimum absolute atomic E-state index is 0.192. The van der Waals surface area contributed by atoms with E-state index in [4.69, 9.17) is 5.26 Å². The largest absolute Gasteiger partial charge is 0.416 e. The number of hydrogen-bond donors (Lipinski definition) is 0. The van der Waals surface area contributed by atoms with Crippen LogP contribution in [0.3, 0.4) is 0 Å². The number of halogens is 5. The highest BCUT2D eigenvalue weighted by molar-refractivity contribution is 5.66. The van der Waals surface area contributed by atoms with E-state index in [-0.39, 0.29) is 5.56 Å². The lowest BCUT2D eigenvalue weighted by Gasteiger charge is -2.09. The van der Waals surface area contributed by atoms with Crippen LogP contribution in [-0.4, -0.2) is 0 Å². The molecule has 0 amide bonds. The summed E-state index contributed by atoms with van der Waals surface area (Å²) in [6.45, 7) is 0. The molecule has 0 radical (unpaired) electrons. The van der Waals surface area contributed by atoms with Gasteiger partial charge in [-0.2, -0.15) is 18.4 Å². The summed E-state index contributed by atoms with van der Waals surface area (Å²) in [6, 6.07) is 9.65. The lowest BCUT2D eigenvalue weighted by molar-refractivity contribution is -0.137. The Bertz CT molecular complexity index is 681. The van der Waals surface area contributed by atoms with Gasteiger partial charge in [-0.1, -0.05) is 24.3 Å². The molecule has 6 heteroatoms. The first kappa shape index (κ1) is 15.0. The highest BCUT2D eigenvalue weighted by Crippen LogP contribution is 2.32. The maximum atomic E-state index is 12.7. The van der Waals surface area contributed by atoms with Gasteiger partial charge in [-0.3, -0.25) is 0 Å². The number of rotatable bonds is 2. The molecule has 1 nitrogen and oxygen atoms in total. The van der Waals surface area contributed by atoms with Crippen molar-refractivity contribution in [3.05, 3.63) is 59.2 Å². The second-order valence-corrected chi connectivity index (χ2v) is 4.29. The van der Waals surface area contributed by atoms with Crippen LogP contribution in [-0.2, 0) is 6.18 Å². The van der Waals surface area contributed by atoms with E-state index in [9.17, 15) is 22.0 Å². The van der Waals surface area contributed by atoms with E-state index in [1.807, 2.05) is 0 Å². The van der Waals surface area contributed by atoms with Gasteiger partial charge in [0, 0.05) is 5.56 Å². The zero-order chi connectivity index (χ0) is 15.6. The SMILES string of the molecule is N#Cc1cc(-c2ccc(C(F)(F)F)cc2)ccc1C(F)F. The topological polar surface area (TPSA) is 23.8 Å².